The smallest absolute Gasteiger partial charge is 0.224 e. The van der Waals surface area contributed by atoms with E-state index in [9.17, 15) is 9.59 Å². The molecule has 0 saturated carbocycles. The fourth-order valence-electron chi connectivity index (χ4n) is 3.64. The lowest BCUT2D eigenvalue weighted by Crippen LogP contribution is -2.31. The number of hydrogen-bond acceptors (Lipinski definition) is 3. The number of aryl methyl sites for hydroxylation is 1. The van der Waals surface area contributed by atoms with Crippen LogP contribution in [0.1, 0.15) is 43.4 Å². The normalized spacial score (nSPS) is 22.9. The number of benzene rings is 1. The summed E-state index contributed by atoms with van der Waals surface area (Å²) in [5.74, 6) is -0.115. The lowest BCUT2D eigenvalue weighted by molar-refractivity contribution is -0.124. The summed E-state index contributed by atoms with van der Waals surface area (Å²) in [6.45, 7) is 9.66. The molecule has 0 radical (unpaired) electrons. The van der Waals surface area contributed by atoms with Crippen LogP contribution in [0.4, 0.5) is 0 Å². The number of Topliss-reactive ketones (excluding diaryl/α,β-unsaturated/α-hetero) is 1. The first-order valence-electron chi connectivity index (χ1n) is 8.32. The summed E-state index contributed by atoms with van der Waals surface area (Å²) in [4.78, 5) is 25.7. The Balaban J connectivity index is 1.65. The summed E-state index contributed by atoms with van der Waals surface area (Å²) in [7, 11) is 0. The summed E-state index contributed by atoms with van der Waals surface area (Å²) in [6, 6.07) is 6.16. The molecule has 1 amide bonds. The quantitative estimate of drug-likeness (QED) is 0.909. The van der Waals surface area contributed by atoms with E-state index < -0.39 is 0 Å². The van der Waals surface area contributed by atoms with E-state index >= 15 is 0 Å². The number of rotatable bonds is 5. The molecule has 2 aliphatic heterocycles. The van der Waals surface area contributed by atoms with Gasteiger partial charge in [-0.25, -0.2) is 0 Å². The van der Waals surface area contributed by atoms with E-state index in [-0.39, 0.29) is 23.7 Å². The number of ketones is 1. The zero-order valence-electron chi connectivity index (χ0n) is 13.9. The van der Waals surface area contributed by atoms with E-state index in [1.54, 1.807) is 0 Å². The molecule has 1 aromatic rings. The van der Waals surface area contributed by atoms with Gasteiger partial charge < -0.3 is 10.2 Å². The molecule has 4 nitrogen and oxygen atoms in total. The van der Waals surface area contributed by atoms with Gasteiger partial charge in [0.05, 0.1) is 6.04 Å². The first-order chi connectivity index (χ1) is 11.0. The van der Waals surface area contributed by atoms with Crippen LogP contribution in [-0.2, 0) is 29.1 Å². The van der Waals surface area contributed by atoms with Crippen LogP contribution in [0.5, 0.6) is 0 Å². The average molecular weight is 312 g/mol. The Labute approximate surface area is 137 Å². The molecule has 1 N–H and O–H groups in total. The van der Waals surface area contributed by atoms with Gasteiger partial charge >= 0.3 is 0 Å². The van der Waals surface area contributed by atoms with Gasteiger partial charge in [0.1, 0.15) is 0 Å². The molecule has 2 aliphatic rings. The van der Waals surface area contributed by atoms with E-state index in [1.807, 2.05) is 0 Å². The summed E-state index contributed by atoms with van der Waals surface area (Å²) in [6.07, 6.45) is 2.26. The molecule has 1 fully saturated rings. The third-order valence-electron chi connectivity index (χ3n) is 5.09. The molecule has 3 rings (SSSR count). The Morgan fingerprint density at radius 1 is 1.39 bits per heavy atom. The molecular formula is C19H24N2O2. The maximum atomic E-state index is 12.0. The Morgan fingerprint density at radius 2 is 2.17 bits per heavy atom. The van der Waals surface area contributed by atoms with Crippen molar-refractivity contribution in [3.63, 3.8) is 0 Å². The minimum atomic E-state index is -0.317. The maximum absolute atomic E-state index is 12.0. The van der Waals surface area contributed by atoms with Crippen molar-refractivity contribution in [3.8, 4) is 0 Å². The van der Waals surface area contributed by atoms with Crippen molar-refractivity contribution in [2.24, 2.45) is 5.92 Å². The largest absolute Gasteiger partial charge is 0.367 e. The number of hydrogen-bond donors (Lipinski definition) is 1. The van der Waals surface area contributed by atoms with Crippen LogP contribution in [0.2, 0.25) is 0 Å². The van der Waals surface area contributed by atoms with Crippen LogP contribution in [0, 0.1) is 5.92 Å². The monoisotopic (exact) mass is 312 g/mol. The van der Waals surface area contributed by atoms with E-state index in [0.29, 0.717) is 12.8 Å². The van der Waals surface area contributed by atoms with E-state index in [2.05, 4.69) is 41.9 Å². The SMILES string of the molecule is C=C(C[C@@H]1C[C@@H](C(C)=O)NC1=O)N1Cc2cccc(CC)c2C1. The molecule has 0 bridgehead atoms. The van der Waals surface area contributed by atoms with Gasteiger partial charge in [-0.3, -0.25) is 9.59 Å². The average Bonchev–Trinajstić information content (AvgIpc) is 3.11. The van der Waals surface area contributed by atoms with Crippen molar-refractivity contribution in [1.82, 2.24) is 10.2 Å². The highest BCUT2D eigenvalue weighted by Gasteiger charge is 2.35. The second kappa shape index (κ2) is 6.19. The Morgan fingerprint density at radius 3 is 2.83 bits per heavy atom. The molecule has 1 saturated heterocycles. The van der Waals surface area contributed by atoms with Gasteiger partial charge in [-0.15, -0.1) is 0 Å². The van der Waals surface area contributed by atoms with Crippen molar-refractivity contribution in [2.45, 2.75) is 52.2 Å². The number of nitrogens with zero attached hydrogens (tertiary/aromatic N) is 1. The lowest BCUT2D eigenvalue weighted by Gasteiger charge is -2.22. The van der Waals surface area contributed by atoms with Crippen LogP contribution in [0.15, 0.2) is 30.5 Å². The number of amides is 1. The van der Waals surface area contributed by atoms with Gasteiger partial charge in [-0.2, -0.15) is 0 Å². The zero-order chi connectivity index (χ0) is 16.6. The minimum absolute atomic E-state index is 0.0164. The van der Waals surface area contributed by atoms with E-state index in [0.717, 1.165) is 25.2 Å². The van der Waals surface area contributed by atoms with Gasteiger partial charge in [-0.1, -0.05) is 31.7 Å². The molecule has 0 unspecified atom stereocenters. The molecule has 1 aromatic carbocycles. The molecule has 2 atom stereocenters. The topological polar surface area (TPSA) is 49.4 Å². The van der Waals surface area contributed by atoms with Crippen LogP contribution in [0.25, 0.3) is 0 Å². The number of carbonyl (C=O) groups is 2. The third kappa shape index (κ3) is 3.03. The van der Waals surface area contributed by atoms with E-state index in [1.165, 1.54) is 23.6 Å². The Kier molecular flexibility index (Phi) is 4.24. The summed E-state index contributed by atoms with van der Waals surface area (Å²) >= 11 is 0. The molecule has 23 heavy (non-hydrogen) atoms. The molecular weight excluding hydrogens is 288 g/mol. The highest BCUT2D eigenvalue weighted by Crippen LogP contribution is 2.32. The summed E-state index contributed by atoms with van der Waals surface area (Å²) in [5, 5.41) is 2.79. The number of allylic oxidation sites excluding steroid dienone is 1. The zero-order valence-corrected chi connectivity index (χ0v) is 13.9. The predicted octanol–water partition coefficient (Wildman–Crippen LogP) is 2.56. The first-order valence-corrected chi connectivity index (χ1v) is 8.32. The van der Waals surface area contributed by atoms with E-state index in [4.69, 9.17) is 0 Å². The molecule has 0 aliphatic carbocycles. The van der Waals surface area contributed by atoms with Gasteiger partial charge in [0.2, 0.25) is 5.91 Å². The molecule has 4 heteroatoms. The van der Waals surface area contributed by atoms with Gasteiger partial charge in [0.25, 0.3) is 0 Å². The van der Waals surface area contributed by atoms with Crippen molar-refractivity contribution >= 4 is 11.7 Å². The lowest BCUT2D eigenvalue weighted by atomic mass is 9.98. The molecule has 0 spiro atoms. The highest BCUT2D eigenvalue weighted by atomic mass is 16.2. The maximum Gasteiger partial charge on any atom is 0.224 e. The van der Waals surface area contributed by atoms with Gasteiger partial charge in [0.15, 0.2) is 5.78 Å². The second-order valence-corrected chi connectivity index (χ2v) is 6.64. The van der Waals surface area contributed by atoms with Crippen molar-refractivity contribution in [3.05, 3.63) is 47.2 Å². The van der Waals surface area contributed by atoms with Crippen molar-refractivity contribution in [2.75, 3.05) is 0 Å². The fraction of sp³-hybridized carbons (Fsp3) is 0.474. The van der Waals surface area contributed by atoms with Crippen LogP contribution >= 0.6 is 0 Å². The minimum Gasteiger partial charge on any atom is -0.367 e. The molecule has 2 heterocycles. The van der Waals surface area contributed by atoms with Crippen LogP contribution < -0.4 is 5.32 Å². The summed E-state index contributed by atoms with van der Waals surface area (Å²) in [5.41, 5.74) is 5.16. The number of nitrogens with one attached hydrogen (secondary N) is 1. The first kappa shape index (κ1) is 15.8. The molecule has 122 valence electrons. The van der Waals surface area contributed by atoms with Gasteiger partial charge in [0, 0.05) is 24.7 Å². The van der Waals surface area contributed by atoms with Crippen molar-refractivity contribution < 1.29 is 9.59 Å². The van der Waals surface area contributed by atoms with Crippen LogP contribution in [0.3, 0.4) is 0 Å². The van der Waals surface area contributed by atoms with Crippen LogP contribution in [-0.4, -0.2) is 22.6 Å². The molecule has 0 aromatic heterocycles. The highest BCUT2D eigenvalue weighted by molar-refractivity contribution is 5.92. The summed E-state index contributed by atoms with van der Waals surface area (Å²) < 4.78 is 0. The van der Waals surface area contributed by atoms with Crippen molar-refractivity contribution in [1.29, 1.82) is 0 Å². The Bertz CT molecular complexity index is 665. The number of fused-ring (bicyclic) bond motifs is 1. The van der Waals surface area contributed by atoms with Gasteiger partial charge in [-0.05, 0) is 42.9 Å². The fourth-order valence-corrected chi connectivity index (χ4v) is 3.64. The Hall–Kier alpha value is -2.10. The standard InChI is InChI=1S/C19H24N2O2/c1-4-14-6-5-7-15-10-21(11-17(14)15)12(2)8-16-9-18(13(3)22)20-19(16)23/h5-7,16,18H,2,4,8-11H2,1,3H3,(H,20,23)/t16-,18+/m1/s1. The second-order valence-electron chi connectivity index (χ2n) is 6.64. The predicted molar refractivity (Wildman–Crippen MR) is 89.5 cm³/mol. The third-order valence-corrected chi connectivity index (χ3v) is 5.09. The number of carbonyl (C=O) groups excluding carboxylic acids is 2.